The molecule has 1 amide bonds. The van der Waals surface area contributed by atoms with Gasteiger partial charge in [-0.2, -0.15) is 30.6 Å². The molecule has 0 aliphatic rings. The highest BCUT2D eigenvalue weighted by Crippen LogP contribution is 2.36. The van der Waals surface area contributed by atoms with Crippen molar-refractivity contribution < 1.29 is 50.4 Å². The van der Waals surface area contributed by atoms with Crippen LogP contribution in [0.25, 0.3) is 0 Å². The molecule has 2 N–H and O–H groups in total. The molecule has 2 aromatic rings. The SMILES string of the molecule is CCC(COC)NS(=O)(=O)N(Cc1ccc(OCCOC)cc1Oc1ncc(C(F)(F)F)cc1Cl)C(=O)O. The van der Waals surface area contributed by atoms with Gasteiger partial charge >= 0.3 is 22.5 Å². The molecule has 0 fully saturated rings. The fourth-order valence-corrected chi connectivity index (χ4v) is 4.48. The Bertz CT molecular complexity index is 1200. The molecule has 1 aromatic heterocycles. The van der Waals surface area contributed by atoms with Gasteiger partial charge in [0.1, 0.15) is 23.1 Å². The van der Waals surface area contributed by atoms with Crippen molar-refractivity contribution in [3.63, 3.8) is 0 Å². The molecule has 212 valence electrons. The summed E-state index contributed by atoms with van der Waals surface area (Å²) in [6.45, 7) is 1.34. The van der Waals surface area contributed by atoms with E-state index >= 15 is 0 Å². The molecule has 0 radical (unpaired) electrons. The van der Waals surface area contributed by atoms with Crippen molar-refractivity contribution in [1.82, 2.24) is 14.0 Å². The zero-order valence-electron chi connectivity index (χ0n) is 20.6. The largest absolute Gasteiger partial charge is 0.491 e. The average molecular weight is 586 g/mol. The highest BCUT2D eigenvalue weighted by Gasteiger charge is 2.33. The summed E-state index contributed by atoms with van der Waals surface area (Å²) in [5, 5.41) is 9.19. The first kappa shape index (κ1) is 31.4. The van der Waals surface area contributed by atoms with Crippen LogP contribution in [-0.2, 0) is 32.4 Å². The number of carbonyl (C=O) groups is 1. The minimum Gasteiger partial charge on any atom is -0.491 e. The number of aromatic nitrogens is 1. The first-order valence-corrected chi connectivity index (χ1v) is 12.8. The Morgan fingerprint density at radius 3 is 2.47 bits per heavy atom. The lowest BCUT2D eigenvalue weighted by molar-refractivity contribution is -0.137. The van der Waals surface area contributed by atoms with Crippen molar-refractivity contribution in [1.29, 1.82) is 0 Å². The number of halogens is 4. The van der Waals surface area contributed by atoms with E-state index in [-0.39, 0.29) is 41.2 Å². The fourth-order valence-electron chi connectivity index (χ4n) is 2.97. The molecule has 1 unspecified atom stereocenters. The van der Waals surface area contributed by atoms with E-state index in [0.717, 1.165) is 0 Å². The Balaban J connectivity index is 2.46. The number of hydrogen-bond donors (Lipinski definition) is 2. The van der Waals surface area contributed by atoms with E-state index in [9.17, 15) is 31.5 Å². The third-order valence-electron chi connectivity index (χ3n) is 4.93. The van der Waals surface area contributed by atoms with E-state index in [1.54, 1.807) is 6.92 Å². The highest BCUT2D eigenvalue weighted by atomic mass is 35.5. The Kier molecular flexibility index (Phi) is 11.4. The van der Waals surface area contributed by atoms with E-state index in [1.165, 1.54) is 32.4 Å². The minimum absolute atomic E-state index is 0.00312. The number of methoxy groups -OCH3 is 2. The number of nitrogens with zero attached hydrogens (tertiary/aromatic N) is 2. The molecule has 0 spiro atoms. The standard InChI is InChI=1S/C22H27ClF3N3O8S/c1-4-16(13-35-3)28-38(32,33)29(21(30)31)12-14-5-6-17(36-8-7-34-2)10-19(14)37-20-18(23)9-15(11-27-20)22(24,25)26/h5-6,9-11,16,28H,4,7-8,12-13H2,1-3H3,(H,30,31). The number of benzene rings is 1. The van der Waals surface area contributed by atoms with Crippen molar-refractivity contribution in [2.45, 2.75) is 32.1 Å². The third kappa shape index (κ3) is 8.87. The van der Waals surface area contributed by atoms with Crippen LogP contribution in [0.1, 0.15) is 24.5 Å². The quantitative estimate of drug-likeness (QED) is 0.311. The summed E-state index contributed by atoms with van der Waals surface area (Å²) in [7, 11) is -1.74. The summed E-state index contributed by atoms with van der Waals surface area (Å²) in [5.41, 5.74) is -1.09. The first-order valence-electron chi connectivity index (χ1n) is 11.0. The zero-order chi connectivity index (χ0) is 28.5. The summed E-state index contributed by atoms with van der Waals surface area (Å²) in [4.78, 5) is 15.5. The number of alkyl halides is 3. The number of hydrogen-bond acceptors (Lipinski definition) is 8. The smallest absolute Gasteiger partial charge is 0.422 e. The van der Waals surface area contributed by atoms with Crippen LogP contribution in [-0.4, -0.2) is 69.0 Å². The summed E-state index contributed by atoms with van der Waals surface area (Å²) in [6, 6.07) is 3.98. The molecule has 0 saturated heterocycles. The predicted molar refractivity (Wildman–Crippen MR) is 130 cm³/mol. The summed E-state index contributed by atoms with van der Waals surface area (Å²) < 4.78 is 88.1. The molecule has 0 saturated carbocycles. The van der Waals surface area contributed by atoms with Gasteiger partial charge in [0.15, 0.2) is 0 Å². The second kappa shape index (κ2) is 13.8. The van der Waals surface area contributed by atoms with Gasteiger partial charge in [0.25, 0.3) is 0 Å². The molecule has 2 rings (SSSR count). The van der Waals surface area contributed by atoms with Crippen LogP contribution < -0.4 is 14.2 Å². The van der Waals surface area contributed by atoms with Gasteiger partial charge in [-0.15, -0.1) is 0 Å². The Morgan fingerprint density at radius 1 is 1.21 bits per heavy atom. The molecule has 1 heterocycles. The number of ether oxygens (including phenoxy) is 4. The molecule has 11 nitrogen and oxygen atoms in total. The van der Waals surface area contributed by atoms with Crippen LogP contribution in [0, 0.1) is 0 Å². The van der Waals surface area contributed by atoms with Crippen LogP contribution in [0.5, 0.6) is 17.4 Å². The predicted octanol–water partition coefficient (Wildman–Crippen LogP) is 4.31. The number of rotatable bonds is 14. The van der Waals surface area contributed by atoms with Crippen molar-refractivity contribution in [3.8, 4) is 17.4 Å². The van der Waals surface area contributed by atoms with Gasteiger partial charge in [-0.3, -0.25) is 0 Å². The summed E-state index contributed by atoms with van der Waals surface area (Å²) >= 11 is 5.95. The molecule has 1 atom stereocenters. The number of carboxylic acid groups (broad SMARTS) is 1. The normalized spacial score (nSPS) is 12.7. The van der Waals surface area contributed by atoms with Gasteiger partial charge in [0, 0.05) is 38.1 Å². The van der Waals surface area contributed by atoms with Crippen molar-refractivity contribution in [2.75, 3.05) is 34.0 Å². The summed E-state index contributed by atoms with van der Waals surface area (Å²) in [5.74, 6) is -0.360. The van der Waals surface area contributed by atoms with Gasteiger partial charge in [-0.05, 0) is 24.6 Å². The van der Waals surface area contributed by atoms with Gasteiger partial charge in [-0.25, -0.2) is 9.78 Å². The molecule has 0 bridgehead atoms. The van der Waals surface area contributed by atoms with Crippen molar-refractivity contribution >= 4 is 27.9 Å². The van der Waals surface area contributed by atoms with E-state index in [4.69, 9.17) is 30.5 Å². The molecule has 1 aromatic carbocycles. The van der Waals surface area contributed by atoms with Gasteiger partial charge in [-0.1, -0.05) is 18.5 Å². The average Bonchev–Trinajstić information content (AvgIpc) is 2.83. The molecular weight excluding hydrogens is 559 g/mol. The number of nitrogens with one attached hydrogen (secondary N) is 1. The first-order chi connectivity index (χ1) is 17.8. The lowest BCUT2D eigenvalue weighted by Crippen LogP contribution is -2.48. The lowest BCUT2D eigenvalue weighted by Gasteiger charge is -2.24. The maximum atomic E-state index is 13.0. The Labute approximate surface area is 222 Å². The monoisotopic (exact) mass is 585 g/mol. The van der Waals surface area contributed by atoms with Crippen molar-refractivity contribution in [3.05, 3.63) is 46.6 Å². The van der Waals surface area contributed by atoms with E-state index in [2.05, 4.69) is 9.71 Å². The lowest BCUT2D eigenvalue weighted by atomic mass is 10.2. The van der Waals surface area contributed by atoms with Crippen LogP contribution in [0.15, 0.2) is 30.5 Å². The maximum Gasteiger partial charge on any atom is 0.422 e. The Morgan fingerprint density at radius 2 is 1.92 bits per heavy atom. The van der Waals surface area contributed by atoms with Crippen LogP contribution in [0.2, 0.25) is 5.02 Å². The second-order valence-electron chi connectivity index (χ2n) is 7.69. The molecule has 16 heteroatoms. The zero-order valence-corrected chi connectivity index (χ0v) is 22.2. The number of amides is 1. The van der Waals surface area contributed by atoms with E-state index in [1.807, 2.05) is 0 Å². The second-order valence-corrected chi connectivity index (χ2v) is 9.73. The minimum atomic E-state index is -4.70. The topological polar surface area (TPSA) is 137 Å². The Hall–Kier alpha value is -2.85. The van der Waals surface area contributed by atoms with Gasteiger partial charge in [0.2, 0.25) is 5.88 Å². The summed E-state index contributed by atoms with van der Waals surface area (Å²) in [6.07, 6.45) is -5.65. The van der Waals surface area contributed by atoms with Crippen molar-refractivity contribution in [2.24, 2.45) is 0 Å². The third-order valence-corrected chi connectivity index (χ3v) is 6.70. The van der Waals surface area contributed by atoms with Gasteiger partial charge in [0.05, 0.1) is 25.3 Å². The van der Waals surface area contributed by atoms with E-state index < -0.39 is 51.5 Å². The fraction of sp³-hybridized carbons (Fsp3) is 0.455. The van der Waals surface area contributed by atoms with E-state index in [0.29, 0.717) is 18.7 Å². The maximum absolute atomic E-state index is 13.0. The molecule has 0 aliphatic heterocycles. The highest BCUT2D eigenvalue weighted by molar-refractivity contribution is 7.87. The molecular formula is C22H27ClF3N3O8S. The van der Waals surface area contributed by atoms with Crippen LogP contribution >= 0.6 is 11.6 Å². The van der Waals surface area contributed by atoms with Crippen LogP contribution in [0.3, 0.4) is 0 Å². The molecule has 0 aliphatic carbocycles. The number of pyridine rings is 1. The molecule has 38 heavy (non-hydrogen) atoms. The van der Waals surface area contributed by atoms with Crippen LogP contribution in [0.4, 0.5) is 18.0 Å². The van der Waals surface area contributed by atoms with Gasteiger partial charge < -0.3 is 24.1 Å².